The number of benzene rings is 1. The number of aryl methyl sites for hydroxylation is 1. The number of piperazine rings is 1. The minimum absolute atomic E-state index is 0.0125. The molecule has 3 rings (SSSR count). The molecule has 7 heteroatoms. The Kier molecular flexibility index (Phi) is 6.03. The van der Waals surface area contributed by atoms with Crippen LogP contribution in [0.25, 0.3) is 5.57 Å². The van der Waals surface area contributed by atoms with Crippen LogP contribution < -0.4 is 5.32 Å². The zero-order valence-electron chi connectivity index (χ0n) is 15.6. The van der Waals surface area contributed by atoms with Gasteiger partial charge in [-0.2, -0.15) is 0 Å². The average molecular weight is 368 g/mol. The van der Waals surface area contributed by atoms with E-state index < -0.39 is 0 Å². The lowest BCUT2D eigenvalue weighted by Crippen LogP contribution is -2.50. The van der Waals surface area contributed by atoms with Gasteiger partial charge in [-0.1, -0.05) is 35.5 Å². The SMILES string of the molecule is C/C(=C\C(=O)N1CCN(CC(=O)Nc2cc(C)on2)CC1)c1ccccc1. The molecule has 7 nitrogen and oxygen atoms in total. The van der Waals surface area contributed by atoms with Gasteiger partial charge in [0.1, 0.15) is 5.76 Å². The molecule has 1 N–H and O–H groups in total. The van der Waals surface area contributed by atoms with Gasteiger partial charge in [-0.15, -0.1) is 0 Å². The zero-order chi connectivity index (χ0) is 19.2. The van der Waals surface area contributed by atoms with Gasteiger partial charge in [-0.25, -0.2) is 0 Å². The van der Waals surface area contributed by atoms with Gasteiger partial charge in [-0.3, -0.25) is 14.5 Å². The highest BCUT2D eigenvalue weighted by atomic mass is 16.5. The molecule has 0 saturated carbocycles. The normalized spacial score (nSPS) is 15.6. The largest absolute Gasteiger partial charge is 0.360 e. The number of rotatable bonds is 5. The van der Waals surface area contributed by atoms with Gasteiger partial charge in [0.25, 0.3) is 0 Å². The first-order chi connectivity index (χ1) is 13.0. The number of carbonyl (C=O) groups excluding carboxylic acids is 2. The van der Waals surface area contributed by atoms with Crippen LogP contribution in [0.3, 0.4) is 0 Å². The number of anilines is 1. The van der Waals surface area contributed by atoms with E-state index in [0.29, 0.717) is 37.8 Å². The number of hydrogen-bond donors (Lipinski definition) is 1. The topological polar surface area (TPSA) is 78.7 Å². The smallest absolute Gasteiger partial charge is 0.246 e. The van der Waals surface area contributed by atoms with E-state index in [-0.39, 0.29) is 18.4 Å². The van der Waals surface area contributed by atoms with Crippen molar-refractivity contribution in [1.29, 1.82) is 0 Å². The van der Waals surface area contributed by atoms with Gasteiger partial charge in [0.2, 0.25) is 11.8 Å². The van der Waals surface area contributed by atoms with Crippen molar-refractivity contribution >= 4 is 23.2 Å². The van der Waals surface area contributed by atoms with Crippen LogP contribution in [0, 0.1) is 6.92 Å². The second-order valence-electron chi connectivity index (χ2n) is 6.67. The molecule has 1 saturated heterocycles. The molecule has 0 spiro atoms. The maximum absolute atomic E-state index is 12.5. The van der Waals surface area contributed by atoms with Crippen LogP contribution >= 0.6 is 0 Å². The molecule has 0 aliphatic carbocycles. The van der Waals surface area contributed by atoms with E-state index >= 15 is 0 Å². The van der Waals surface area contributed by atoms with Crippen LogP contribution in [0.15, 0.2) is 47.0 Å². The minimum Gasteiger partial charge on any atom is -0.360 e. The summed E-state index contributed by atoms with van der Waals surface area (Å²) < 4.78 is 4.93. The first-order valence-electron chi connectivity index (χ1n) is 8.99. The van der Waals surface area contributed by atoms with Crippen LogP contribution in [0.5, 0.6) is 0 Å². The summed E-state index contributed by atoms with van der Waals surface area (Å²) in [6.45, 7) is 6.52. The fourth-order valence-electron chi connectivity index (χ4n) is 3.00. The van der Waals surface area contributed by atoms with Crippen LogP contribution in [0.1, 0.15) is 18.2 Å². The van der Waals surface area contributed by atoms with Crippen molar-refractivity contribution in [1.82, 2.24) is 15.0 Å². The molecule has 1 aromatic heterocycles. The molecule has 0 atom stereocenters. The highest BCUT2D eigenvalue weighted by molar-refractivity contribution is 5.95. The zero-order valence-corrected chi connectivity index (χ0v) is 15.6. The number of allylic oxidation sites excluding steroid dienone is 1. The molecule has 1 aliphatic heterocycles. The van der Waals surface area contributed by atoms with Crippen molar-refractivity contribution < 1.29 is 14.1 Å². The minimum atomic E-state index is -0.136. The monoisotopic (exact) mass is 368 g/mol. The Labute approximate surface area is 158 Å². The predicted octanol–water partition coefficient (Wildman–Crippen LogP) is 2.17. The van der Waals surface area contributed by atoms with E-state index in [1.165, 1.54) is 0 Å². The Morgan fingerprint density at radius 1 is 1.19 bits per heavy atom. The van der Waals surface area contributed by atoms with Crippen molar-refractivity contribution in [2.75, 3.05) is 38.0 Å². The number of aromatic nitrogens is 1. The predicted molar refractivity (Wildman–Crippen MR) is 103 cm³/mol. The number of nitrogens with zero attached hydrogens (tertiary/aromatic N) is 3. The lowest BCUT2D eigenvalue weighted by molar-refractivity contribution is -0.127. The highest BCUT2D eigenvalue weighted by Crippen LogP contribution is 2.14. The summed E-state index contributed by atoms with van der Waals surface area (Å²) in [5, 5.41) is 6.46. The number of carbonyl (C=O) groups is 2. The second kappa shape index (κ2) is 8.64. The number of nitrogens with one attached hydrogen (secondary N) is 1. The van der Waals surface area contributed by atoms with E-state index in [4.69, 9.17) is 4.52 Å². The van der Waals surface area contributed by atoms with Crippen molar-refractivity contribution in [3.05, 3.63) is 53.8 Å². The molecular weight excluding hydrogens is 344 g/mol. The Bertz CT molecular complexity index is 821. The van der Waals surface area contributed by atoms with Crippen LogP contribution in [0.4, 0.5) is 5.82 Å². The van der Waals surface area contributed by atoms with Gasteiger partial charge in [0.05, 0.1) is 6.54 Å². The molecule has 0 unspecified atom stereocenters. The van der Waals surface area contributed by atoms with Crippen molar-refractivity contribution in [2.24, 2.45) is 0 Å². The molecule has 2 aromatic rings. The Balaban J connectivity index is 1.47. The third kappa shape index (κ3) is 5.27. The summed E-state index contributed by atoms with van der Waals surface area (Å²) in [4.78, 5) is 28.4. The van der Waals surface area contributed by atoms with Crippen LogP contribution in [0.2, 0.25) is 0 Å². The molecule has 27 heavy (non-hydrogen) atoms. The first kappa shape index (κ1) is 18.8. The molecule has 1 aromatic carbocycles. The van der Waals surface area contributed by atoms with Crippen molar-refractivity contribution in [2.45, 2.75) is 13.8 Å². The van der Waals surface area contributed by atoms with E-state index in [1.54, 1.807) is 19.1 Å². The summed E-state index contributed by atoms with van der Waals surface area (Å²) in [6, 6.07) is 11.5. The van der Waals surface area contributed by atoms with Gasteiger partial charge in [0.15, 0.2) is 5.82 Å². The lowest BCUT2D eigenvalue weighted by atomic mass is 10.1. The fourth-order valence-corrected chi connectivity index (χ4v) is 3.00. The summed E-state index contributed by atoms with van der Waals surface area (Å²) in [7, 11) is 0. The molecular formula is C20H24N4O3. The molecule has 142 valence electrons. The van der Waals surface area contributed by atoms with Crippen LogP contribution in [-0.2, 0) is 9.59 Å². The summed E-state index contributed by atoms with van der Waals surface area (Å²) in [5.74, 6) is 0.950. The molecule has 1 fully saturated rings. The number of amides is 2. The standard InChI is InChI=1S/C20H24N4O3/c1-15(17-6-4-3-5-7-17)12-20(26)24-10-8-23(9-11-24)14-19(25)21-18-13-16(2)27-22-18/h3-7,12-13H,8-11,14H2,1-2H3,(H,21,22,25)/b15-12+. The van der Waals surface area contributed by atoms with Crippen molar-refractivity contribution in [3.63, 3.8) is 0 Å². The summed E-state index contributed by atoms with van der Waals surface area (Å²) in [6.07, 6.45) is 1.69. The molecule has 0 bridgehead atoms. The van der Waals surface area contributed by atoms with E-state index in [2.05, 4.69) is 10.5 Å². The van der Waals surface area contributed by atoms with E-state index in [1.807, 2.05) is 47.1 Å². The quantitative estimate of drug-likeness (QED) is 0.819. The highest BCUT2D eigenvalue weighted by Gasteiger charge is 2.22. The fraction of sp³-hybridized carbons (Fsp3) is 0.350. The van der Waals surface area contributed by atoms with E-state index in [9.17, 15) is 9.59 Å². The molecule has 2 heterocycles. The first-order valence-corrected chi connectivity index (χ1v) is 8.99. The van der Waals surface area contributed by atoms with Gasteiger partial charge < -0.3 is 14.7 Å². The maximum atomic E-state index is 12.5. The number of hydrogen-bond acceptors (Lipinski definition) is 5. The summed E-state index contributed by atoms with van der Waals surface area (Å²) >= 11 is 0. The Morgan fingerprint density at radius 2 is 1.89 bits per heavy atom. The van der Waals surface area contributed by atoms with Gasteiger partial charge in [0, 0.05) is 38.3 Å². The molecule has 2 amide bonds. The van der Waals surface area contributed by atoms with Crippen LogP contribution in [-0.4, -0.2) is 59.5 Å². The van der Waals surface area contributed by atoms with Gasteiger partial charge >= 0.3 is 0 Å². The van der Waals surface area contributed by atoms with Gasteiger partial charge in [-0.05, 0) is 25.0 Å². The Morgan fingerprint density at radius 3 is 2.52 bits per heavy atom. The third-order valence-corrected chi connectivity index (χ3v) is 4.52. The van der Waals surface area contributed by atoms with Crippen molar-refractivity contribution in [3.8, 4) is 0 Å². The molecule has 0 radical (unpaired) electrons. The van der Waals surface area contributed by atoms with E-state index in [0.717, 1.165) is 11.1 Å². The summed E-state index contributed by atoms with van der Waals surface area (Å²) in [5.41, 5.74) is 1.99. The maximum Gasteiger partial charge on any atom is 0.246 e. The molecule has 1 aliphatic rings. The third-order valence-electron chi connectivity index (χ3n) is 4.52. The second-order valence-corrected chi connectivity index (χ2v) is 6.67. The average Bonchev–Trinajstić information content (AvgIpc) is 3.07. The Hall–Kier alpha value is -2.93. The lowest BCUT2D eigenvalue weighted by Gasteiger charge is -2.33.